The number of aromatic nitrogens is 4. The first kappa shape index (κ1) is 29.3. The molecule has 0 radical (unpaired) electrons. The molecular formula is C29H35F2N7O4S. The second-order valence-corrected chi connectivity index (χ2v) is 13.3. The van der Waals surface area contributed by atoms with Crippen molar-refractivity contribution < 1.29 is 26.7 Å². The van der Waals surface area contributed by atoms with Crippen molar-refractivity contribution >= 4 is 38.4 Å². The molecule has 4 aromatic heterocycles. The number of aryl methyl sites for hydroxylation is 1. The van der Waals surface area contributed by atoms with E-state index in [1.54, 1.807) is 18.2 Å². The maximum Gasteiger partial charge on any atom is 0.329 e. The fraction of sp³-hybridized carbons (Fsp3) is 0.483. The number of hydrogen-bond donors (Lipinski definition) is 2. The summed E-state index contributed by atoms with van der Waals surface area (Å²) in [6, 6.07) is 8.23. The van der Waals surface area contributed by atoms with E-state index in [9.17, 15) is 22.0 Å². The van der Waals surface area contributed by atoms with E-state index in [0.717, 1.165) is 57.1 Å². The van der Waals surface area contributed by atoms with Crippen LogP contribution >= 0.6 is 0 Å². The molecule has 1 aliphatic heterocycles. The van der Waals surface area contributed by atoms with Crippen LogP contribution in [0.15, 0.2) is 30.3 Å². The van der Waals surface area contributed by atoms with Gasteiger partial charge in [-0.05, 0) is 69.3 Å². The Hall–Kier alpha value is -3.78. The maximum absolute atomic E-state index is 13.8. The van der Waals surface area contributed by atoms with E-state index in [2.05, 4.69) is 15.6 Å². The van der Waals surface area contributed by atoms with E-state index in [0.29, 0.717) is 52.0 Å². The number of nitrogens with zero attached hydrogens (tertiary/aromatic N) is 5. The molecule has 14 heteroatoms. The van der Waals surface area contributed by atoms with Crippen molar-refractivity contribution in [2.24, 2.45) is 5.92 Å². The average molecular weight is 616 g/mol. The van der Waals surface area contributed by atoms with Gasteiger partial charge < -0.3 is 19.9 Å². The summed E-state index contributed by atoms with van der Waals surface area (Å²) in [5, 5.41) is 7.15. The number of nitrogens with one attached hydrogen (secondary N) is 2. The first-order chi connectivity index (χ1) is 20.5. The normalized spacial score (nSPS) is 17.9. The predicted molar refractivity (Wildman–Crippen MR) is 159 cm³/mol. The number of imidazole rings is 1. The van der Waals surface area contributed by atoms with Gasteiger partial charge in [0.25, 0.3) is 5.91 Å². The van der Waals surface area contributed by atoms with E-state index in [1.807, 2.05) is 22.0 Å². The number of carbonyl (C=O) groups is 1. The molecule has 1 saturated heterocycles. The number of halogens is 2. The quantitative estimate of drug-likeness (QED) is 0.274. The fourth-order valence-electron chi connectivity index (χ4n) is 5.81. The van der Waals surface area contributed by atoms with Gasteiger partial charge in [0.1, 0.15) is 22.8 Å². The zero-order valence-corrected chi connectivity index (χ0v) is 25.1. The average Bonchev–Trinajstić information content (AvgIpc) is 3.69. The summed E-state index contributed by atoms with van der Waals surface area (Å²) >= 11 is 0. The van der Waals surface area contributed by atoms with Crippen LogP contribution in [0.5, 0.6) is 5.88 Å². The maximum atomic E-state index is 13.8. The summed E-state index contributed by atoms with van der Waals surface area (Å²) in [7, 11) is -2.72. The lowest BCUT2D eigenvalue weighted by Gasteiger charge is -2.20. The number of rotatable bonds is 9. The summed E-state index contributed by atoms with van der Waals surface area (Å²) < 4.78 is 61.4. The molecular weight excluding hydrogens is 580 g/mol. The standard InChI is InChI=1S/C29H35F2N7O4S/c1-17-26(34-24-13-20(14-25(42-2)37(17)24)28(39)33-21-6-4-5-11-32-15-21)22-12-19-9-10-23(38(29(30)31)43(3,40)41)35-27(19)36(22)16-18-7-8-18/h9-10,12-14,18,21,29,32H,4-8,11,15-16H2,1-3H3,(H,33,39)/t21-/m0/s1. The van der Waals surface area contributed by atoms with Crippen molar-refractivity contribution in [2.45, 2.75) is 58.2 Å². The van der Waals surface area contributed by atoms with Gasteiger partial charge in [-0.2, -0.15) is 13.1 Å². The fourth-order valence-corrected chi connectivity index (χ4v) is 6.54. The second-order valence-electron chi connectivity index (χ2n) is 11.4. The molecule has 0 bridgehead atoms. The van der Waals surface area contributed by atoms with Crippen LogP contribution in [0.4, 0.5) is 14.6 Å². The smallest absolute Gasteiger partial charge is 0.329 e. The minimum Gasteiger partial charge on any atom is -0.482 e. The van der Waals surface area contributed by atoms with Crippen molar-refractivity contribution in [3.8, 4) is 17.3 Å². The zero-order valence-electron chi connectivity index (χ0n) is 24.3. The number of amides is 1. The topological polar surface area (TPSA) is 123 Å². The van der Waals surface area contributed by atoms with Crippen molar-refractivity contribution in [2.75, 3.05) is 30.8 Å². The monoisotopic (exact) mass is 615 g/mol. The van der Waals surface area contributed by atoms with E-state index in [-0.39, 0.29) is 22.1 Å². The highest BCUT2D eigenvalue weighted by Gasteiger charge is 2.30. The molecule has 5 heterocycles. The third-order valence-electron chi connectivity index (χ3n) is 8.14. The Morgan fingerprint density at radius 2 is 1.98 bits per heavy atom. The minimum absolute atomic E-state index is 0.0271. The number of pyridine rings is 2. The Morgan fingerprint density at radius 3 is 2.67 bits per heavy atom. The Labute approximate surface area is 248 Å². The van der Waals surface area contributed by atoms with Crippen molar-refractivity contribution in [3.63, 3.8) is 0 Å². The first-order valence-corrected chi connectivity index (χ1v) is 16.3. The zero-order chi connectivity index (χ0) is 30.5. The van der Waals surface area contributed by atoms with Crippen LogP contribution < -0.4 is 19.7 Å². The number of methoxy groups -OCH3 is 1. The molecule has 1 amide bonds. The van der Waals surface area contributed by atoms with E-state index < -0.39 is 16.6 Å². The molecule has 1 saturated carbocycles. The highest BCUT2D eigenvalue weighted by Crippen LogP contribution is 2.38. The highest BCUT2D eigenvalue weighted by molar-refractivity contribution is 7.92. The number of ether oxygens (including phenoxy) is 1. The van der Waals surface area contributed by atoms with Crippen LogP contribution in [0, 0.1) is 12.8 Å². The molecule has 2 N–H and O–H groups in total. The van der Waals surface area contributed by atoms with Gasteiger partial charge in [0.15, 0.2) is 5.88 Å². The van der Waals surface area contributed by atoms with Gasteiger partial charge in [0, 0.05) is 36.1 Å². The van der Waals surface area contributed by atoms with Gasteiger partial charge in [-0.25, -0.2) is 18.4 Å². The van der Waals surface area contributed by atoms with Crippen molar-refractivity contribution in [3.05, 3.63) is 41.6 Å². The molecule has 6 rings (SSSR count). The molecule has 2 fully saturated rings. The Balaban J connectivity index is 1.44. The second kappa shape index (κ2) is 11.4. The van der Waals surface area contributed by atoms with Crippen LogP contribution in [-0.4, -0.2) is 72.3 Å². The molecule has 230 valence electrons. The van der Waals surface area contributed by atoms with Crippen molar-refractivity contribution in [1.82, 2.24) is 29.6 Å². The molecule has 0 spiro atoms. The molecule has 2 aliphatic rings. The number of sulfonamides is 1. The SMILES string of the molecule is COc1cc(C(=O)N[C@H]2CCCCNC2)cc2nc(-c3cc4ccc(N(C(F)F)S(C)(=O)=O)nc4n3CC3CC3)c(C)n12. The summed E-state index contributed by atoms with van der Waals surface area (Å²) in [4.78, 5) is 22.6. The van der Waals surface area contributed by atoms with Gasteiger partial charge in [-0.15, -0.1) is 0 Å². The number of fused-ring (bicyclic) bond motifs is 2. The van der Waals surface area contributed by atoms with Crippen LogP contribution in [0.3, 0.4) is 0 Å². The van der Waals surface area contributed by atoms with Gasteiger partial charge in [-0.3, -0.25) is 9.20 Å². The van der Waals surface area contributed by atoms with Gasteiger partial charge in [-0.1, -0.05) is 6.42 Å². The van der Waals surface area contributed by atoms with Gasteiger partial charge in [0.05, 0.1) is 24.8 Å². The lowest BCUT2D eigenvalue weighted by molar-refractivity contribution is 0.0935. The number of anilines is 1. The third kappa shape index (κ3) is 5.77. The lowest BCUT2D eigenvalue weighted by Crippen LogP contribution is -2.40. The first-order valence-electron chi connectivity index (χ1n) is 14.4. The molecule has 1 atom stereocenters. The van der Waals surface area contributed by atoms with Gasteiger partial charge >= 0.3 is 6.55 Å². The third-order valence-corrected chi connectivity index (χ3v) is 9.20. The number of alkyl halides is 2. The Bertz CT molecular complexity index is 1790. The summed E-state index contributed by atoms with van der Waals surface area (Å²) in [5.41, 5.74) is 3.45. The summed E-state index contributed by atoms with van der Waals surface area (Å²) in [6.45, 7) is 0.868. The van der Waals surface area contributed by atoms with Crippen molar-refractivity contribution in [1.29, 1.82) is 0 Å². The summed E-state index contributed by atoms with van der Waals surface area (Å²) in [6.07, 6.45) is 5.82. The van der Waals surface area contributed by atoms with E-state index in [1.165, 1.54) is 13.2 Å². The van der Waals surface area contributed by atoms with Gasteiger partial charge in [0.2, 0.25) is 10.0 Å². The van der Waals surface area contributed by atoms with Crippen LogP contribution in [0.1, 0.15) is 48.2 Å². The minimum atomic E-state index is -4.26. The van der Waals surface area contributed by atoms with E-state index >= 15 is 0 Å². The molecule has 0 unspecified atom stereocenters. The van der Waals surface area contributed by atoms with E-state index in [4.69, 9.17) is 9.72 Å². The Morgan fingerprint density at radius 1 is 1.19 bits per heavy atom. The molecule has 11 nitrogen and oxygen atoms in total. The molecule has 4 aromatic rings. The number of hydrogen-bond acceptors (Lipinski definition) is 7. The molecule has 0 aromatic carbocycles. The lowest BCUT2D eigenvalue weighted by atomic mass is 10.1. The predicted octanol–water partition coefficient (Wildman–Crippen LogP) is 3.94. The Kier molecular flexibility index (Phi) is 7.75. The largest absolute Gasteiger partial charge is 0.482 e. The van der Waals surface area contributed by atoms with Crippen LogP contribution in [0.2, 0.25) is 0 Å². The van der Waals surface area contributed by atoms with Crippen LogP contribution in [0.25, 0.3) is 28.1 Å². The molecule has 1 aliphatic carbocycles. The highest BCUT2D eigenvalue weighted by atomic mass is 32.2. The molecule has 43 heavy (non-hydrogen) atoms. The number of carbonyl (C=O) groups excluding carboxylic acids is 1. The van der Waals surface area contributed by atoms with Crippen LogP contribution in [-0.2, 0) is 16.6 Å². The summed E-state index contributed by atoms with van der Waals surface area (Å²) in [5.74, 6) is 0.288.